The molecule has 0 atom stereocenters. The van der Waals surface area contributed by atoms with Crippen LogP contribution in [-0.4, -0.2) is 14.5 Å². The van der Waals surface area contributed by atoms with E-state index in [1.165, 1.54) is 0 Å². The number of hydrogen-bond donors (Lipinski definition) is 1. The fourth-order valence-corrected chi connectivity index (χ4v) is 4.29. The molecule has 2 rings (SSSR count). The zero-order valence-electron chi connectivity index (χ0n) is 12.6. The molecule has 1 N–H and O–H groups in total. The Kier molecular flexibility index (Phi) is 4.55. The quantitative estimate of drug-likeness (QED) is 0.926. The molecule has 20 heavy (non-hydrogen) atoms. The van der Waals surface area contributed by atoms with Crippen molar-refractivity contribution in [2.45, 2.75) is 57.4 Å². The first-order valence-electron chi connectivity index (χ1n) is 7.36. The molecule has 0 aliphatic heterocycles. The second kappa shape index (κ2) is 5.86. The zero-order chi connectivity index (χ0) is 14.8. The van der Waals surface area contributed by atoms with Gasteiger partial charge >= 0.3 is 0 Å². The minimum absolute atomic E-state index is 0.0822. The van der Waals surface area contributed by atoms with Crippen LogP contribution in [0.1, 0.15) is 46.5 Å². The van der Waals surface area contributed by atoms with Gasteiger partial charge < -0.3 is 0 Å². The second-order valence-corrected chi connectivity index (χ2v) is 8.56. The van der Waals surface area contributed by atoms with Crippen molar-refractivity contribution in [3.63, 3.8) is 0 Å². The molecule has 1 fully saturated rings. The van der Waals surface area contributed by atoms with E-state index in [0.29, 0.717) is 16.2 Å². The number of nitrogens with one attached hydrogen (secondary N) is 1. The van der Waals surface area contributed by atoms with Gasteiger partial charge in [-0.15, -0.1) is 0 Å². The van der Waals surface area contributed by atoms with Gasteiger partial charge in [-0.1, -0.05) is 39.0 Å². The molecule has 0 spiro atoms. The van der Waals surface area contributed by atoms with Crippen LogP contribution < -0.4 is 4.72 Å². The molecule has 1 aromatic carbocycles. The molecule has 0 radical (unpaired) electrons. The third-order valence-electron chi connectivity index (χ3n) is 4.33. The molecule has 1 aliphatic carbocycles. The minimum atomic E-state index is -3.36. The van der Waals surface area contributed by atoms with E-state index >= 15 is 0 Å². The molecule has 0 amide bonds. The Bertz CT molecular complexity index is 523. The van der Waals surface area contributed by atoms with Crippen molar-refractivity contribution in [3.05, 3.63) is 30.3 Å². The SMILES string of the molecule is CC(C)(C)C1CCC(NS(=O)(=O)c2ccccc2)CC1. The predicted molar refractivity (Wildman–Crippen MR) is 82.0 cm³/mol. The fraction of sp³-hybridized carbons (Fsp3) is 0.625. The lowest BCUT2D eigenvalue weighted by Crippen LogP contribution is -2.39. The van der Waals surface area contributed by atoms with Crippen molar-refractivity contribution in [1.29, 1.82) is 0 Å². The topological polar surface area (TPSA) is 46.2 Å². The van der Waals surface area contributed by atoms with Crippen molar-refractivity contribution in [2.75, 3.05) is 0 Å². The maximum absolute atomic E-state index is 12.3. The van der Waals surface area contributed by atoms with Gasteiger partial charge in [-0.2, -0.15) is 0 Å². The molecular formula is C16H25NO2S. The van der Waals surface area contributed by atoms with E-state index in [9.17, 15) is 8.42 Å². The van der Waals surface area contributed by atoms with Gasteiger partial charge in [-0.25, -0.2) is 13.1 Å². The van der Waals surface area contributed by atoms with Gasteiger partial charge in [0.05, 0.1) is 4.90 Å². The lowest BCUT2D eigenvalue weighted by molar-refractivity contribution is 0.166. The highest BCUT2D eigenvalue weighted by molar-refractivity contribution is 7.89. The highest BCUT2D eigenvalue weighted by atomic mass is 32.2. The Hall–Kier alpha value is -0.870. The molecular weight excluding hydrogens is 270 g/mol. The standard InChI is InChI=1S/C16H25NO2S/c1-16(2,3)13-9-11-14(12-10-13)17-20(18,19)15-7-5-4-6-8-15/h4-8,13-14,17H,9-12H2,1-3H3. The molecule has 0 saturated heterocycles. The molecule has 0 aromatic heterocycles. The predicted octanol–water partition coefficient (Wildman–Crippen LogP) is 3.57. The van der Waals surface area contributed by atoms with Crippen molar-refractivity contribution in [2.24, 2.45) is 11.3 Å². The molecule has 112 valence electrons. The third kappa shape index (κ3) is 3.83. The maximum Gasteiger partial charge on any atom is 0.240 e. The van der Waals surface area contributed by atoms with Crippen LogP contribution in [-0.2, 0) is 10.0 Å². The lowest BCUT2D eigenvalue weighted by Gasteiger charge is -2.37. The van der Waals surface area contributed by atoms with Gasteiger partial charge in [-0.3, -0.25) is 0 Å². The number of rotatable bonds is 3. The van der Waals surface area contributed by atoms with Gasteiger partial charge in [0.25, 0.3) is 0 Å². The number of hydrogen-bond acceptors (Lipinski definition) is 2. The van der Waals surface area contributed by atoms with E-state index in [1.807, 2.05) is 6.07 Å². The first kappa shape index (κ1) is 15.5. The van der Waals surface area contributed by atoms with Crippen LogP contribution in [0.2, 0.25) is 0 Å². The summed E-state index contributed by atoms with van der Waals surface area (Å²) in [7, 11) is -3.36. The van der Waals surface area contributed by atoms with E-state index in [4.69, 9.17) is 0 Å². The van der Waals surface area contributed by atoms with E-state index in [1.54, 1.807) is 24.3 Å². The largest absolute Gasteiger partial charge is 0.240 e. The zero-order valence-corrected chi connectivity index (χ0v) is 13.4. The van der Waals surface area contributed by atoms with E-state index in [-0.39, 0.29) is 6.04 Å². The summed E-state index contributed by atoms with van der Waals surface area (Å²) in [6.45, 7) is 6.81. The van der Waals surface area contributed by atoms with Crippen molar-refractivity contribution in [3.8, 4) is 0 Å². The van der Waals surface area contributed by atoms with Gasteiger partial charge in [0, 0.05) is 6.04 Å². The average Bonchev–Trinajstić information content (AvgIpc) is 2.39. The van der Waals surface area contributed by atoms with E-state index in [2.05, 4.69) is 25.5 Å². The molecule has 1 aliphatic rings. The Balaban J connectivity index is 1.96. The Labute approximate surface area is 122 Å². The Morgan fingerprint density at radius 1 is 1.00 bits per heavy atom. The summed E-state index contributed by atoms with van der Waals surface area (Å²) in [6.07, 6.45) is 4.08. The van der Waals surface area contributed by atoms with Gasteiger partial charge in [0.2, 0.25) is 10.0 Å². The van der Waals surface area contributed by atoms with Crippen LogP contribution in [0, 0.1) is 11.3 Å². The molecule has 4 heteroatoms. The average molecular weight is 295 g/mol. The fourth-order valence-electron chi connectivity index (χ4n) is 2.96. The highest BCUT2D eigenvalue weighted by Gasteiger charge is 2.31. The highest BCUT2D eigenvalue weighted by Crippen LogP contribution is 2.37. The Morgan fingerprint density at radius 3 is 2.05 bits per heavy atom. The van der Waals surface area contributed by atoms with Gasteiger partial charge in [0.1, 0.15) is 0 Å². The number of benzene rings is 1. The molecule has 0 bridgehead atoms. The van der Waals surface area contributed by atoms with Crippen LogP contribution in [0.4, 0.5) is 0 Å². The summed E-state index contributed by atoms with van der Waals surface area (Å²) in [5, 5.41) is 0. The summed E-state index contributed by atoms with van der Waals surface area (Å²) in [5.41, 5.74) is 0.323. The Morgan fingerprint density at radius 2 is 1.55 bits per heavy atom. The second-order valence-electron chi connectivity index (χ2n) is 6.85. The smallest absolute Gasteiger partial charge is 0.208 e. The summed E-state index contributed by atoms with van der Waals surface area (Å²) in [6, 6.07) is 8.70. The van der Waals surface area contributed by atoms with Crippen LogP contribution in [0.3, 0.4) is 0 Å². The van der Waals surface area contributed by atoms with Crippen molar-refractivity contribution < 1.29 is 8.42 Å². The van der Waals surface area contributed by atoms with Crippen LogP contribution in [0.5, 0.6) is 0 Å². The van der Waals surface area contributed by atoms with E-state index in [0.717, 1.165) is 25.7 Å². The summed E-state index contributed by atoms with van der Waals surface area (Å²) in [5.74, 6) is 0.694. The first-order chi connectivity index (χ1) is 9.29. The van der Waals surface area contributed by atoms with Gasteiger partial charge in [0.15, 0.2) is 0 Å². The minimum Gasteiger partial charge on any atom is -0.208 e. The summed E-state index contributed by atoms with van der Waals surface area (Å²) >= 11 is 0. The molecule has 1 saturated carbocycles. The summed E-state index contributed by atoms with van der Waals surface area (Å²) < 4.78 is 27.4. The molecule has 0 heterocycles. The maximum atomic E-state index is 12.3. The van der Waals surface area contributed by atoms with Crippen molar-refractivity contribution in [1.82, 2.24) is 4.72 Å². The van der Waals surface area contributed by atoms with Crippen LogP contribution >= 0.6 is 0 Å². The van der Waals surface area contributed by atoms with Crippen LogP contribution in [0.25, 0.3) is 0 Å². The van der Waals surface area contributed by atoms with Crippen LogP contribution in [0.15, 0.2) is 35.2 Å². The molecule has 3 nitrogen and oxygen atoms in total. The van der Waals surface area contributed by atoms with Gasteiger partial charge in [-0.05, 0) is 49.1 Å². The van der Waals surface area contributed by atoms with Crippen molar-refractivity contribution >= 4 is 10.0 Å². The third-order valence-corrected chi connectivity index (χ3v) is 5.86. The lowest BCUT2D eigenvalue weighted by atomic mass is 9.71. The first-order valence-corrected chi connectivity index (χ1v) is 8.85. The number of sulfonamides is 1. The normalized spacial score (nSPS) is 24.6. The molecule has 0 unspecified atom stereocenters. The van der Waals surface area contributed by atoms with E-state index < -0.39 is 10.0 Å². The molecule has 1 aromatic rings. The monoisotopic (exact) mass is 295 g/mol. The summed E-state index contributed by atoms with van der Waals surface area (Å²) in [4.78, 5) is 0.359.